The fourth-order valence-corrected chi connectivity index (χ4v) is 2.71. The first kappa shape index (κ1) is 11.7. The summed E-state index contributed by atoms with van der Waals surface area (Å²) in [5.41, 5.74) is 3.13. The third kappa shape index (κ3) is 2.12. The van der Waals surface area contributed by atoms with Gasteiger partial charge in [-0.15, -0.1) is 0 Å². The summed E-state index contributed by atoms with van der Waals surface area (Å²) in [6, 6.07) is 8.89. The van der Waals surface area contributed by atoms with Gasteiger partial charge in [-0.1, -0.05) is 6.07 Å². The molecule has 3 rings (SSSR count). The van der Waals surface area contributed by atoms with Gasteiger partial charge in [-0.05, 0) is 58.6 Å². The Morgan fingerprint density at radius 1 is 1.33 bits per heavy atom. The van der Waals surface area contributed by atoms with Gasteiger partial charge in [0.15, 0.2) is 0 Å². The van der Waals surface area contributed by atoms with Crippen LogP contribution in [0.3, 0.4) is 0 Å². The predicted molar refractivity (Wildman–Crippen MR) is 73.0 cm³/mol. The van der Waals surface area contributed by atoms with E-state index in [2.05, 4.69) is 32.3 Å². The molecule has 0 radical (unpaired) electrons. The van der Waals surface area contributed by atoms with Crippen molar-refractivity contribution in [1.82, 2.24) is 4.98 Å². The van der Waals surface area contributed by atoms with Crippen LogP contribution in [0.2, 0.25) is 0 Å². The van der Waals surface area contributed by atoms with E-state index >= 15 is 0 Å². The summed E-state index contributed by atoms with van der Waals surface area (Å²) in [5.74, 6) is -0.236. The van der Waals surface area contributed by atoms with E-state index in [1.165, 1.54) is 17.7 Å². The molecule has 1 unspecified atom stereocenters. The minimum absolute atomic E-state index is 0.166. The van der Waals surface area contributed by atoms with Gasteiger partial charge in [0.2, 0.25) is 0 Å². The van der Waals surface area contributed by atoms with Crippen molar-refractivity contribution in [2.45, 2.75) is 18.9 Å². The summed E-state index contributed by atoms with van der Waals surface area (Å²) in [5, 5.41) is 3.36. The molecule has 1 aliphatic rings. The van der Waals surface area contributed by atoms with E-state index in [9.17, 15) is 4.39 Å². The Balaban J connectivity index is 1.88. The molecule has 1 aliphatic carbocycles. The van der Waals surface area contributed by atoms with Gasteiger partial charge >= 0.3 is 0 Å². The zero-order valence-corrected chi connectivity index (χ0v) is 11.2. The molecule has 92 valence electrons. The Morgan fingerprint density at radius 2 is 2.22 bits per heavy atom. The van der Waals surface area contributed by atoms with E-state index in [0.29, 0.717) is 0 Å². The second-order valence-corrected chi connectivity index (χ2v) is 5.26. The third-order valence-corrected chi connectivity index (χ3v) is 3.91. The molecule has 0 amide bonds. The summed E-state index contributed by atoms with van der Waals surface area (Å²) in [4.78, 5) is 4.42. The van der Waals surface area contributed by atoms with Crippen molar-refractivity contribution in [2.75, 3.05) is 5.32 Å². The number of anilines is 1. The molecule has 2 aromatic rings. The second kappa shape index (κ2) is 4.69. The van der Waals surface area contributed by atoms with Crippen molar-refractivity contribution in [2.24, 2.45) is 0 Å². The molecule has 1 aromatic carbocycles. The SMILES string of the molecule is Fc1ccc(Br)c(NC2CCc3cccnc32)c1. The minimum Gasteiger partial charge on any atom is -0.376 e. The van der Waals surface area contributed by atoms with Gasteiger partial charge in [0, 0.05) is 10.7 Å². The summed E-state index contributed by atoms with van der Waals surface area (Å²) in [6.07, 6.45) is 3.82. The maximum absolute atomic E-state index is 13.2. The summed E-state index contributed by atoms with van der Waals surface area (Å²) < 4.78 is 14.1. The fraction of sp³-hybridized carbons (Fsp3) is 0.214. The number of benzene rings is 1. The number of aromatic nitrogens is 1. The number of nitrogens with one attached hydrogen (secondary N) is 1. The van der Waals surface area contributed by atoms with Crippen LogP contribution < -0.4 is 5.32 Å². The molecular formula is C14H12BrFN2. The first-order chi connectivity index (χ1) is 8.74. The number of halogens is 2. The Morgan fingerprint density at radius 3 is 3.11 bits per heavy atom. The molecule has 0 fully saturated rings. The largest absolute Gasteiger partial charge is 0.376 e. The molecule has 1 N–H and O–H groups in total. The van der Waals surface area contributed by atoms with Crippen molar-refractivity contribution in [1.29, 1.82) is 0 Å². The maximum Gasteiger partial charge on any atom is 0.125 e. The topological polar surface area (TPSA) is 24.9 Å². The lowest BCUT2D eigenvalue weighted by Gasteiger charge is -2.15. The van der Waals surface area contributed by atoms with Crippen LogP contribution in [0.1, 0.15) is 23.7 Å². The molecule has 0 saturated heterocycles. The van der Waals surface area contributed by atoms with Crippen LogP contribution in [0.25, 0.3) is 0 Å². The standard InChI is InChI=1S/C14H12BrFN2/c15-11-5-4-10(16)8-13(11)18-12-6-3-9-2-1-7-17-14(9)12/h1-2,4-5,7-8,12,18H,3,6H2. The Bertz CT molecular complexity index is 586. The smallest absolute Gasteiger partial charge is 0.125 e. The third-order valence-electron chi connectivity index (χ3n) is 3.22. The fourth-order valence-electron chi connectivity index (χ4n) is 2.35. The van der Waals surface area contributed by atoms with Gasteiger partial charge < -0.3 is 5.32 Å². The predicted octanol–water partition coefficient (Wildman–Crippen LogP) is 4.08. The average molecular weight is 307 g/mol. The molecule has 1 aromatic heterocycles. The molecule has 0 aliphatic heterocycles. The van der Waals surface area contributed by atoms with Crippen LogP contribution in [0.5, 0.6) is 0 Å². The van der Waals surface area contributed by atoms with Crippen molar-refractivity contribution in [3.63, 3.8) is 0 Å². The van der Waals surface area contributed by atoms with E-state index in [1.807, 2.05) is 6.07 Å². The van der Waals surface area contributed by atoms with Crippen molar-refractivity contribution < 1.29 is 4.39 Å². The van der Waals surface area contributed by atoms with Crippen molar-refractivity contribution in [3.8, 4) is 0 Å². The van der Waals surface area contributed by atoms with Gasteiger partial charge in [0.05, 0.1) is 17.4 Å². The van der Waals surface area contributed by atoms with Gasteiger partial charge in [-0.3, -0.25) is 4.98 Å². The Labute approximate surface area is 113 Å². The number of hydrogen-bond donors (Lipinski definition) is 1. The maximum atomic E-state index is 13.2. The molecule has 1 atom stereocenters. The lowest BCUT2D eigenvalue weighted by Crippen LogP contribution is -2.09. The second-order valence-electron chi connectivity index (χ2n) is 4.41. The van der Waals surface area contributed by atoms with E-state index < -0.39 is 0 Å². The quantitative estimate of drug-likeness (QED) is 0.904. The van der Waals surface area contributed by atoms with Crippen molar-refractivity contribution in [3.05, 3.63) is 58.1 Å². The van der Waals surface area contributed by atoms with Crippen LogP contribution in [-0.2, 0) is 6.42 Å². The Kier molecular flexibility index (Phi) is 3.04. The number of rotatable bonds is 2. The molecule has 0 bridgehead atoms. The highest BCUT2D eigenvalue weighted by atomic mass is 79.9. The van der Waals surface area contributed by atoms with Crippen LogP contribution in [0.15, 0.2) is 41.0 Å². The van der Waals surface area contributed by atoms with Crippen LogP contribution >= 0.6 is 15.9 Å². The van der Waals surface area contributed by atoms with E-state index in [4.69, 9.17) is 0 Å². The van der Waals surface area contributed by atoms with Crippen molar-refractivity contribution >= 4 is 21.6 Å². The highest BCUT2D eigenvalue weighted by Crippen LogP contribution is 2.34. The molecule has 1 heterocycles. The number of fused-ring (bicyclic) bond motifs is 1. The normalized spacial score (nSPS) is 17.6. The van der Waals surface area contributed by atoms with E-state index in [0.717, 1.165) is 28.7 Å². The number of pyridine rings is 1. The average Bonchev–Trinajstić information content (AvgIpc) is 2.78. The zero-order chi connectivity index (χ0) is 12.5. The zero-order valence-electron chi connectivity index (χ0n) is 9.66. The number of aryl methyl sites for hydroxylation is 1. The molecule has 2 nitrogen and oxygen atoms in total. The molecule has 0 spiro atoms. The first-order valence-electron chi connectivity index (χ1n) is 5.89. The van der Waals surface area contributed by atoms with Gasteiger partial charge in [-0.25, -0.2) is 4.39 Å². The highest BCUT2D eigenvalue weighted by Gasteiger charge is 2.23. The van der Waals surface area contributed by atoms with Gasteiger partial charge in [0.25, 0.3) is 0 Å². The molecule has 4 heteroatoms. The monoisotopic (exact) mass is 306 g/mol. The minimum atomic E-state index is -0.236. The van der Waals surface area contributed by atoms with Gasteiger partial charge in [-0.2, -0.15) is 0 Å². The summed E-state index contributed by atoms with van der Waals surface area (Å²) in [6.45, 7) is 0. The lowest BCUT2D eigenvalue weighted by atomic mass is 10.2. The Hall–Kier alpha value is -1.42. The highest BCUT2D eigenvalue weighted by molar-refractivity contribution is 9.10. The lowest BCUT2D eigenvalue weighted by molar-refractivity contribution is 0.627. The van der Waals surface area contributed by atoms with Crippen LogP contribution in [0.4, 0.5) is 10.1 Å². The first-order valence-corrected chi connectivity index (χ1v) is 6.69. The summed E-state index contributed by atoms with van der Waals surface area (Å²) >= 11 is 3.43. The molecule has 18 heavy (non-hydrogen) atoms. The number of nitrogens with zero attached hydrogens (tertiary/aromatic N) is 1. The summed E-state index contributed by atoms with van der Waals surface area (Å²) in [7, 11) is 0. The van der Waals surface area contributed by atoms with Crippen LogP contribution in [-0.4, -0.2) is 4.98 Å². The van der Waals surface area contributed by atoms with E-state index in [1.54, 1.807) is 12.3 Å². The van der Waals surface area contributed by atoms with E-state index in [-0.39, 0.29) is 11.9 Å². The molecular weight excluding hydrogens is 295 g/mol. The van der Waals surface area contributed by atoms with Crippen LogP contribution in [0, 0.1) is 5.82 Å². The number of hydrogen-bond acceptors (Lipinski definition) is 2. The van der Waals surface area contributed by atoms with Gasteiger partial charge in [0.1, 0.15) is 5.82 Å². The molecule has 0 saturated carbocycles.